The highest BCUT2D eigenvalue weighted by Crippen LogP contribution is 2.20. The minimum absolute atomic E-state index is 0.0467. The van der Waals surface area contributed by atoms with Crippen molar-refractivity contribution in [1.82, 2.24) is 10.2 Å². The predicted molar refractivity (Wildman–Crippen MR) is 114 cm³/mol. The highest BCUT2D eigenvalue weighted by molar-refractivity contribution is 7.92. The third-order valence-electron chi connectivity index (χ3n) is 4.12. The number of hydrogen-bond donors (Lipinski definition) is 2. The van der Waals surface area contributed by atoms with E-state index in [4.69, 9.17) is 0 Å². The van der Waals surface area contributed by atoms with Crippen LogP contribution in [-0.2, 0) is 27.7 Å². The molecule has 0 aliphatic rings. The van der Waals surface area contributed by atoms with E-state index >= 15 is 0 Å². The number of sulfonamides is 1. The van der Waals surface area contributed by atoms with Gasteiger partial charge in [-0.1, -0.05) is 68.6 Å². The van der Waals surface area contributed by atoms with Crippen LogP contribution in [0.15, 0.2) is 24.3 Å². The van der Waals surface area contributed by atoms with Gasteiger partial charge in [0, 0.05) is 6.42 Å². The van der Waals surface area contributed by atoms with Crippen molar-refractivity contribution in [2.24, 2.45) is 0 Å². The van der Waals surface area contributed by atoms with Crippen LogP contribution in [0.4, 0.5) is 10.8 Å². The minimum atomic E-state index is -3.41. The lowest BCUT2D eigenvalue weighted by Gasteiger charge is -2.10. The van der Waals surface area contributed by atoms with Gasteiger partial charge in [-0.15, -0.1) is 10.2 Å². The summed E-state index contributed by atoms with van der Waals surface area (Å²) >= 11 is 1.39. The second kappa shape index (κ2) is 11.1. The highest BCUT2D eigenvalue weighted by atomic mass is 32.2. The molecule has 0 unspecified atom stereocenters. The van der Waals surface area contributed by atoms with Crippen molar-refractivity contribution in [2.45, 2.75) is 58.3 Å². The van der Waals surface area contributed by atoms with Crippen LogP contribution in [0, 0.1) is 0 Å². The normalized spacial score (nSPS) is 11.4. The molecule has 7 nitrogen and oxygen atoms in total. The number of aromatic nitrogens is 2. The fourth-order valence-electron chi connectivity index (χ4n) is 2.77. The van der Waals surface area contributed by atoms with Crippen LogP contribution in [0.2, 0.25) is 0 Å². The van der Waals surface area contributed by atoms with Gasteiger partial charge in [0.25, 0.3) is 0 Å². The van der Waals surface area contributed by atoms with E-state index in [0.717, 1.165) is 24.1 Å². The summed E-state index contributed by atoms with van der Waals surface area (Å²) in [7, 11) is -3.41. The zero-order valence-corrected chi connectivity index (χ0v) is 18.0. The third-order valence-corrected chi connectivity index (χ3v) is 5.61. The van der Waals surface area contributed by atoms with Crippen molar-refractivity contribution in [3.8, 4) is 0 Å². The monoisotopic (exact) mass is 424 g/mol. The topological polar surface area (TPSA) is 101 Å². The molecule has 0 bridgehead atoms. The maximum Gasteiger partial charge on any atom is 0.230 e. The summed E-state index contributed by atoms with van der Waals surface area (Å²) in [5.74, 6) is -0.259. The summed E-state index contributed by atoms with van der Waals surface area (Å²) in [6.07, 6.45) is 9.33. The van der Waals surface area contributed by atoms with Gasteiger partial charge in [-0.3, -0.25) is 9.52 Å². The molecule has 0 spiro atoms. The maximum absolute atomic E-state index is 12.3. The van der Waals surface area contributed by atoms with Gasteiger partial charge in [-0.2, -0.15) is 0 Å². The van der Waals surface area contributed by atoms with Crippen molar-refractivity contribution in [1.29, 1.82) is 0 Å². The quantitative estimate of drug-likeness (QED) is 0.502. The number of hydrogen-bond acceptors (Lipinski definition) is 6. The van der Waals surface area contributed by atoms with E-state index in [-0.39, 0.29) is 12.3 Å². The zero-order valence-electron chi connectivity index (χ0n) is 16.4. The average molecular weight is 425 g/mol. The van der Waals surface area contributed by atoms with Gasteiger partial charge in [-0.25, -0.2) is 8.42 Å². The van der Waals surface area contributed by atoms with Crippen LogP contribution in [0.3, 0.4) is 0 Å². The van der Waals surface area contributed by atoms with Gasteiger partial charge in [0.15, 0.2) is 0 Å². The number of unbranched alkanes of at least 4 members (excludes halogenated alkanes) is 5. The van der Waals surface area contributed by atoms with Crippen LogP contribution in [0.25, 0.3) is 0 Å². The van der Waals surface area contributed by atoms with E-state index in [1.54, 1.807) is 24.3 Å². The largest absolute Gasteiger partial charge is 0.300 e. The molecule has 1 heterocycles. The van der Waals surface area contributed by atoms with Crippen LogP contribution in [0.1, 0.15) is 56.0 Å². The second-order valence-electron chi connectivity index (χ2n) is 6.78. The smallest absolute Gasteiger partial charge is 0.230 e. The van der Waals surface area contributed by atoms with Gasteiger partial charge < -0.3 is 5.32 Å². The molecule has 0 aliphatic heterocycles. The molecule has 2 aromatic rings. The summed E-state index contributed by atoms with van der Waals surface area (Å²) in [5.41, 5.74) is 1.00. The Morgan fingerprint density at radius 2 is 1.79 bits per heavy atom. The number of carbonyl (C=O) groups is 1. The highest BCUT2D eigenvalue weighted by Gasteiger charge is 2.13. The number of aryl methyl sites for hydroxylation is 1. The molecular formula is C19H28N4O3S2. The van der Waals surface area contributed by atoms with Crippen LogP contribution in [0.5, 0.6) is 0 Å². The van der Waals surface area contributed by atoms with Crippen molar-refractivity contribution < 1.29 is 13.2 Å². The molecule has 1 aromatic carbocycles. The Morgan fingerprint density at radius 1 is 1.07 bits per heavy atom. The number of nitrogens with one attached hydrogen (secondary N) is 2. The van der Waals surface area contributed by atoms with Crippen LogP contribution in [-0.4, -0.2) is 30.8 Å². The van der Waals surface area contributed by atoms with Gasteiger partial charge in [0.05, 0.1) is 18.4 Å². The first-order valence-corrected chi connectivity index (χ1v) is 12.3. The Bertz CT molecular complexity index is 866. The van der Waals surface area contributed by atoms with E-state index in [1.807, 2.05) is 0 Å². The summed E-state index contributed by atoms with van der Waals surface area (Å²) in [5, 5.41) is 12.3. The molecule has 1 aromatic heterocycles. The Hall–Kier alpha value is -2.00. The lowest BCUT2D eigenvalue weighted by atomic mass is 10.1. The number of para-hydroxylation sites is 1. The average Bonchev–Trinajstić information content (AvgIpc) is 3.05. The van der Waals surface area contributed by atoms with Crippen molar-refractivity contribution in [3.05, 3.63) is 34.8 Å². The van der Waals surface area contributed by atoms with Crippen LogP contribution < -0.4 is 10.0 Å². The molecule has 28 heavy (non-hydrogen) atoms. The van der Waals surface area contributed by atoms with Crippen molar-refractivity contribution in [3.63, 3.8) is 0 Å². The molecule has 0 atom stereocenters. The fourth-order valence-corrected chi connectivity index (χ4v) is 4.17. The fraction of sp³-hybridized carbons (Fsp3) is 0.526. The summed E-state index contributed by atoms with van der Waals surface area (Å²) in [6.45, 7) is 2.21. The number of benzene rings is 1. The van der Waals surface area contributed by atoms with E-state index in [2.05, 4.69) is 27.2 Å². The molecule has 0 fully saturated rings. The molecule has 2 N–H and O–H groups in total. The number of nitrogens with zero attached hydrogens (tertiary/aromatic N) is 2. The minimum Gasteiger partial charge on any atom is -0.300 e. The lowest BCUT2D eigenvalue weighted by Crippen LogP contribution is -2.17. The van der Waals surface area contributed by atoms with Crippen LogP contribution >= 0.6 is 11.3 Å². The van der Waals surface area contributed by atoms with Gasteiger partial charge in [-0.05, 0) is 18.1 Å². The standard InChI is InChI=1S/C19H28N4O3S2/c1-3-4-5-6-7-8-13-18-21-22-19(27-18)20-17(24)14-15-11-9-10-12-16(15)23-28(2,25)26/h9-12,23H,3-8,13-14H2,1-2H3,(H,20,22,24). The van der Waals surface area contributed by atoms with E-state index < -0.39 is 10.0 Å². The SMILES string of the molecule is CCCCCCCCc1nnc(NC(=O)Cc2ccccc2NS(C)(=O)=O)s1. The summed E-state index contributed by atoms with van der Waals surface area (Å²) < 4.78 is 25.4. The van der Waals surface area contributed by atoms with E-state index in [0.29, 0.717) is 16.4 Å². The number of amides is 1. The second-order valence-corrected chi connectivity index (χ2v) is 9.59. The maximum atomic E-state index is 12.3. The summed E-state index contributed by atoms with van der Waals surface area (Å²) in [4.78, 5) is 12.3. The molecule has 0 radical (unpaired) electrons. The van der Waals surface area contributed by atoms with Gasteiger partial charge in [0.1, 0.15) is 5.01 Å². The Kier molecular flexibility index (Phi) is 8.85. The van der Waals surface area contributed by atoms with Gasteiger partial charge in [0.2, 0.25) is 21.1 Å². The molecule has 2 rings (SSSR count). The first kappa shape index (κ1) is 22.3. The molecule has 0 saturated carbocycles. The Morgan fingerprint density at radius 3 is 2.54 bits per heavy atom. The van der Waals surface area contributed by atoms with E-state index in [9.17, 15) is 13.2 Å². The third kappa shape index (κ3) is 8.35. The Labute approximate surface area is 171 Å². The molecule has 154 valence electrons. The molecular weight excluding hydrogens is 396 g/mol. The van der Waals surface area contributed by atoms with E-state index in [1.165, 1.54) is 43.4 Å². The van der Waals surface area contributed by atoms with Crippen molar-refractivity contribution in [2.75, 3.05) is 16.3 Å². The van der Waals surface area contributed by atoms with Crippen molar-refractivity contribution >= 4 is 38.1 Å². The number of anilines is 2. The Balaban J connectivity index is 1.83. The summed E-state index contributed by atoms with van der Waals surface area (Å²) in [6, 6.07) is 6.83. The first-order chi connectivity index (χ1) is 13.4. The zero-order chi connectivity index (χ0) is 20.4. The number of rotatable bonds is 12. The number of carbonyl (C=O) groups excluding carboxylic acids is 1. The molecule has 0 aliphatic carbocycles. The predicted octanol–water partition coefficient (Wildman–Crippen LogP) is 3.99. The molecule has 9 heteroatoms. The van der Waals surface area contributed by atoms with Gasteiger partial charge >= 0.3 is 0 Å². The lowest BCUT2D eigenvalue weighted by molar-refractivity contribution is -0.115. The molecule has 1 amide bonds. The molecule has 0 saturated heterocycles. The first-order valence-electron chi connectivity index (χ1n) is 9.55.